The zero-order valence-electron chi connectivity index (χ0n) is 6.22. The number of carbonyl (C=O) groups is 1. The van der Waals surface area contributed by atoms with Crippen LogP contribution in [0.5, 0.6) is 0 Å². The third-order valence-corrected chi connectivity index (χ3v) is 0. The van der Waals surface area contributed by atoms with Crippen molar-refractivity contribution in [3.63, 3.8) is 0 Å². The van der Waals surface area contributed by atoms with Crippen molar-refractivity contribution in [3.8, 4) is 0 Å². The van der Waals surface area contributed by atoms with Gasteiger partial charge in [-0.15, -0.1) is 0 Å². The molecule has 0 aliphatic heterocycles. The lowest BCUT2D eigenvalue weighted by Crippen LogP contribution is -2.03. The van der Waals surface area contributed by atoms with Gasteiger partial charge in [0.05, 0.1) is 0 Å². The summed E-state index contributed by atoms with van der Waals surface area (Å²) < 4.78 is 0. The fourth-order valence-electron chi connectivity index (χ4n) is 0. The summed E-state index contributed by atoms with van der Waals surface area (Å²) in [5.74, 6) is -0.833. The van der Waals surface area contributed by atoms with Gasteiger partial charge in [-0.3, -0.25) is 4.79 Å². The number of hydrogen-bond donors (Lipinski definition) is 5. The van der Waals surface area contributed by atoms with E-state index in [1.807, 2.05) is 0 Å². The number of nitrogens with two attached hydrogens (primary N) is 2. The van der Waals surface area contributed by atoms with Gasteiger partial charge in [0.1, 0.15) is 0 Å². The van der Waals surface area contributed by atoms with E-state index in [1.54, 1.807) is 0 Å². The molecule has 0 radical (unpaired) electrons. The summed E-state index contributed by atoms with van der Waals surface area (Å²) in [6.07, 6.45) is 0. The first-order chi connectivity index (χ1) is 5.20. The second-order valence-corrected chi connectivity index (χ2v) is 2.03. The van der Waals surface area contributed by atoms with E-state index >= 15 is 0 Å². The molecule has 0 rings (SSSR count). The summed E-state index contributed by atoms with van der Waals surface area (Å²) in [5.41, 5.74) is 8.80. The van der Waals surface area contributed by atoms with Crippen molar-refractivity contribution >= 4 is 40.8 Å². The van der Waals surface area contributed by atoms with E-state index in [1.165, 1.54) is 0 Å². The van der Waals surface area contributed by atoms with Crippen LogP contribution in [-0.2, 0) is 4.79 Å². The third-order valence-electron chi connectivity index (χ3n) is 0. The quantitative estimate of drug-likeness (QED) is 0.399. The van der Waals surface area contributed by atoms with Crippen LogP contribution in [0, 0.1) is 0 Å². The number of thiocarbonyl (C=S) groups is 2. The van der Waals surface area contributed by atoms with Crippen LogP contribution in [0.1, 0.15) is 21.8 Å². The minimum Gasteiger partial charge on any atom is -0.487 e. The molecule has 0 amide bonds. The van der Waals surface area contributed by atoms with E-state index in [0.29, 0.717) is 0 Å². The Labute approximate surface area is 94.5 Å². The predicted molar refractivity (Wildman–Crippen MR) is 65.6 cm³/mol. The molecule has 0 bridgehead atoms. The van der Waals surface area contributed by atoms with Gasteiger partial charge in [-0.2, -0.15) is 0 Å². The molecule has 0 unspecified atom stereocenters. The van der Waals surface area contributed by atoms with Crippen molar-refractivity contribution in [2.45, 2.75) is 21.8 Å². The van der Waals surface area contributed by atoms with Crippen molar-refractivity contribution in [2.24, 2.45) is 11.5 Å². The smallest absolute Gasteiger partial charge is 0.300 e. The first-order valence-corrected chi connectivity index (χ1v) is 3.18. The van der Waals surface area contributed by atoms with E-state index < -0.39 is 16.3 Å². The first-order valence-electron chi connectivity index (χ1n) is 2.36. The van der Waals surface area contributed by atoms with Crippen LogP contribution in [0.3, 0.4) is 0 Å². The Morgan fingerprint density at radius 2 is 1.00 bits per heavy atom. The largest absolute Gasteiger partial charge is 0.487 e. The summed E-state index contributed by atoms with van der Waals surface area (Å²) in [6.45, 7) is 1.08. The topological polar surface area (TPSA) is 130 Å². The van der Waals surface area contributed by atoms with Crippen LogP contribution in [0.2, 0.25) is 0 Å². The Balaban J connectivity index is -0.0000000270. The van der Waals surface area contributed by atoms with Gasteiger partial charge in [0, 0.05) is 6.92 Å². The molecule has 0 aromatic carbocycles. The zero-order chi connectivity index (χ0) is 10.7. The van der Waals surface area contributed by atoms with Crippen molar-refractivity contribution in [1.82, 2.24) is 0 Å². The molecule has 0 aliphatic rings. The minimum atomic E-state index is -0.833. The van der Waals surface area contributed by atoms with Crippen molar-refractivity contribution in [1.29, 1.82) is 0 Å². The van der Waals surface area contributed by atoms with E-state index in [-0.39, 0.29) is 14.9 Å². The Kier molecular flexibility index (Phi) is 47.3. The third kappa shape index (κ3) is 796. The van der Waals surface area contributed by atoms with Crippen molar-refractivity contribution in [3.05, 3.63) is 0 Å². The SMILES string of the molecule is C.C.CC(=O)O.NC(O)=S.NC(O)=S. The molecule has 0 aromatic heterocycles. The minimum absolute atomic E-state index is 0. The Hall–Kier alpha value is -1.15. The van der Waals surface area contributed by atoms with Gasteiger partial charge in [-0.1, -0.05) is 14.9 Å². The highest BCUT2D eigenvalue weighted by Gasteiger charge is 1.65. The highest BCUT2D eigenvalue weighted by Crippen LogP contribution is 1.42. The molecule has 7 N–H and O–H groups in total. The summed E-state index contributed by atoms with van der Waals surface area (Å²) in [4.78, 5) is 9.00. The number of carboxylic acid groups (broad SMARTS) is 1. The molecule has 88 valence electrons. The fraction of sp³-hybridized carbons (Fsp3) is 0.500. The molecule has 14 heavy (non-hydrogen) atoms. The molecule has 0 saturated carbocycles. The second kappa shape index (κ2) is 22.6. The van der Waals surface area contributed by atoms with E-state index in [4.69, 9.17) is 20.1 Å². The highest BCUT2D eigenvalue weighted by molar-refractivity contribution is 7.80. The summed E-state index contributed by atoms with van der Waals surface area (Å²) in [6, 6.07) is 0. The maximum Gasteiger partial charge on any atom is 0.300 e. The van der Waals surface area contributed by atoms with Gasteiger partial charge in [-0.25, -0.2) is 0 Å². The zero-order valence-corrected chi connectivity index (χ0v) is 7.85. The first kappa shape index (κ1) is 29.3. The molecule has 8 heteroatoms. The van der Waals surface area contributed by atoms with Gasteiger partial charge < -0.3 is 26.8 Å². The van der Waals surface area contributed by atoms with Gasteiger partial charge >= 0.3 is 0 Å². The molecular weight excluding hydrogens is 228 g/mol. The molecule has 6 nitrogen and oxygen atoms in total. The number of rotatable bonds is 0. The standard InChI is InChI=1S/C2H4O2.2CH3NOS.2CH4/c1-2(3)4;2*2-1(3)4;;/h1H3,(H,3,4);2*(H3,2,3,4);2*1H4. The molecule has 0 saturated heterocycles. The Bertz CT molecular complexity index is 123. The van der Waals surface area contributed by atoms with Crippen molar-refractivity contribution in [2.75, 3.05) is 0 Å². The Morgan fingerprint density at radius 3 is 1.00 bits per heavy atom. The summed E-state index contributed by atoms with van der Waals surface area (Å²) in [5, 5.41) is 21.5. The van der Waals surface area contributed by atoms with Gasteiger partial charge in [0.2, 0.25) is 0 Å². The summed E-state index contributed by atoms with van der Waals surface area (Å²) >= 11 is 7.74. The van der Waals surface area contributed by atoms with Crippen LogP contribution < -0.4 is 11.5 Å². The van der Waals surface area contributed by atoms with Crippen LogP contribution in [0.15, 0.2) is 0 Å². The maximum atomic E-state index is 9.00. The van der Waals surface area contributed by atoms with Gasteiger partial charge in [-0.05, 0) is 24.4 Å². The predicted octanol–water partition coefficient (Wildman–Crippen LogP) is 0.939. The van der Waals surface area contributed by atoms with Crippen LogP contribution in [0.25, 0.3) is 0 Å². The maximum absolute atomic E-state index is 9.00. The van der Waals surface area contributed by atoms with Gasteiger partial charge in [0.15, 0.2) is 0 Å². The second-order valence-electron chi connectivity index (χ2n) is 1.20. The average molecular weight is 246 g/mol. The molecule has 0 spiro atoms. The lowest BCUT2D eigenvalue weighted by Gasteiger charge is -1.67. The molecule has 0 heterocycles. The number of aliphatic carboxylic acids is 1. The monoisotopic (exact) mass is 246 g/mol. The number of aliphatic hydroxyl groups excluding tert-OH is 2. The van der Waals surface area contributed by atoms with Gasteiger partial charge in [0.25, 0.3) is 16.3 Å². The van der Waals surface area contributed by atoms with Crippen LogP contribution in [0.4, 0.5) is 0 Å². The lowest BCUT2D eigenvalue weighted by molar-refractivity contribution is -0.134. The van der Waals surface area contributed by atoms with E-state index in [9.17, 15) is 0 Å². The molecule has 0 fully saturated rings. The lowest BCUT2D eigenvalue weighted by atomic mass is 10.9. The van der Waals surface area contributed by atoms with Crippen LogP contribution >= 0.6 is 24.4 Å². The Morgan fingerprint density at radius 1 is 1.00 bits per heavy atom. The fourth-order valence-corrected chi connectivity index (χ4v) is 0. The molecule has 0 aromatic rings. The van der Waals surface area contributed by atoms with E-state index in [2.05, 4.69) is 35.9 Å². The number of hydrogen-bond acceptors (Lipinski definition) is 3. The van der Waals surface area contributed by atoms with E-state index in [0.717, 1.165) is 6.92 Å². The molecular formula is C6H18N2O4S2. The average Bonchev–Trinajstić information content (AvgIpc) is 1.54. The molecule has 0 aliphatic carbocycles. The van der Waals surface area contributed by atoms with Crippen LogP contribution in [-0.4, -0.2) is 31.6 Å². The van der Waals surface area contributed by atoms with Crippen molar-refractivity contribution < 1.29 is 20.1 Å². The highest BCUT2D eigenvalue weighted by atomic mass is 32.1. The normalized spacial score (nSPS) is 5.21. The molecule has 0 atom stereocenters. The number of carboxylic acids is 1. The number of aliphatic hydroxyl groups is 2. The summed E-state index contributed by atoms with van der Waals surface area (Å²) in [7, 11) is 0.